The molecule has 0 amide bonds. The van der Waals surface area contributed by atoms with Crippen LogP contribution in [0.3, 0.4) is 0 Å². The number of hydrogen-bond acceptors (Lipinski definition) is 3. The minimum absolute atomic E-state index is 0. The number of carbonyl (C=O) groups is 1. The first-order chi connectivity index (χ1) is 5.65. The van der Waals surface area contributed by atoms with E-state index in [4.69, 9.17) is 10.8 Å². The van der Waals surface area contributed by atoms with Gasteiger partial charge in [0.25, 0.3) is 0 Å². The number of rotatable bonds is 2. The average molecular weight is 203 g/mol. The van der Waals surface area contributed by atoms with Crippen LogP contribution in [0.15, 0.2) is 12.3 Å². The van der Waals surface area contributed by atoms with E-state index in [1.165, 1.54) is 6.20 Å². The Hall–Kier alpha value is -1.13. The number of halogens is 1. The molecule has 0 atom stereocenters. The molecular weight excluding hydrogens is 192 g/mol. The molecule has 1 aromatic rings. The van der Waals surface area contributed by atoms with Crippen molar-refractivity contribution in [2.24, 2.45) is 5.73 Å². The molecule has 1 rings (SSSR count). The summed E-state index contributed by atoms with van der Waals surface area (Å²) in [5.41, 5.74) is 6.94. The van der Waals surface area contributed by atoms with Crippen LogP contribution in [-0.2, 0) is 6.54 Å². The van der Waals surface area contributed by atoms with Gasteiger partial charge in [-0.25, -0.2) is 9.78 Å². The first-order valence-corrected chi connectivity index (χ1v) is 3.54. The smallest absolute Gasteiger partial charge is 0.354 e. The van der Waals surface area contributed by atoms with Crippen molar-refractivity contribution in [1.82, 2.24) is 4.98 Å². The molecule has 5 heteroatoms. The minimum Gasteiger partial charge on any atom is -0.477 e. The summed E-state index contributed by atoms with van der Waals surface area (Å²) in [7, 11) is 0. The quantitative estimate of drug-likeness (QED) is 0.749. The van der Waals surface area contributed by atoms with Crippen molar-refractivity contribution in [3.8, 4) is 0 Å². The van der Waals surface area contributed by atoms with Gasteiger partial charge in [0, 0.05) is 12.7 Å². The number of aromatic carboxylic acids is 1. The second kappa shape index (κ2) is 4.79. The number of aromatic nitrogens is 1. The molecule has 3 N–H and O–H groups in total. The van der Waals surface area contributed by atoms with Crippen molar-refractivity contribution < 1.29 is 9.90 Å². The van der Waals surface area contributed by atoms with Crippen LogP contribution in [0.1, 0.15) is 21.6 Å². The lowest BCUT2D eigenvalue weighted by molar-refractivity contribution is 0.0689. The van der Waals surface area contributed by atoms with E-state index in [-0.39, 0.29) is 18.1 Å². The second-order valence-electron chi connectivity index (χ2n) is 2.52. The molecule has 0 radical (unpaired) electrons. The van der Waals surface area contributed by atoms with E-state index in [9.17, 15) is 4.79 Å². The number of carboxylic acid groups (broad SMARTS) is 1. The Kier molecular flexibility index (Phi) is 4.37. The van der Waals surface area contributed by atoms with Crippen molar-refractivity contribution in [2.45, 2.75) is 13.5 Å². The maximum Gasteiger partial charge on any atom is 0.354 e. The summed E-state index contributed by atoms with van der Waals surface area (Å²) in [6.07, 6.45) is 1.48. The van der Waals surface area contributed by atoms with E-state index in [1.54, 1.807) is 13.0 Å². The van der Waals surface area contributed by atoms with Gasteiger partial charge in [-0.3, -0.25) is 0 Å². The van der Waals surface area contributed by atoms with Crippen LogP contribution in [0.25, 0.3) is 0 Å². The molecule has 0 aliphatic heterocycles. The standard InChI is InChI=1S/C8H10N2O2.ClH/c1-5-2-6(3-9)4-10-7(5)8(11)12;/h2,4H,3,9H2,1H3,(H,11,12);1H. The fourth-order valence-corrected chi connectivity index (χ4v) is 0.969. The molecule has 0 aliphatic rings. The fraction of sp³-hybridized carbons (Fsp3) is 0.250. The Balaban J connectivity index is 0.00000144. The Morgan fingerprint density at radius 3 is 2.69 bits per heavy atom. The van der Waals surface area contributed by atoms with Crippen LogP contribution in [-0.4, -0.2) is 16.1 Å². The molecule has 4 nitrogen and oxygen atoms in total. The van der Waals surface area contributed by atoms with Gasteiger partial charge in [-0.05, 0) is 18.1 Å². The van der Waals surface area contributed by atoms with Crippen LogP contribution in [0.2, 0.25) is 0 Å². The molecule has 1 aromatic heterocycles. The normalized spacial score (nSPS) is 9.08. The van der Waals surface area contributed by atoms with Crippen LogP contribution < -0.4 is 5.73 Å². The molecule has 0 fully saturated rings. The summed E-state index contributed by atoms with van der Waals surface area (Å²) in [5.74, 6) is -1.00. The largest absolute Gasteiger partial charge is 0.477 e. The van der Waals surface area contributed by atoms with E-state index in [1.807, 2.05) is 0 Å². The number of nitrogens with zero attached hydrogens (tertiary/aromatic N) is 1. The van der Waals surface area contributed by atoms with Gasteiger partial charge in [-0.15, -0.1) is 12.4 Å². The number of hydrogen-bond donors (Lipinski definition) is 2. The topological polar surface area (TPSA) is 76.2 Å². The maximum atomic E-state index is 10.5. The molecule has 0 saturated carbocycles. The maximum absolute atomic E-state index is 10.5. The molecule has 0 bridgehead atoms. The van der Waals surface area contributed by atoms with Gasteiger partial charge in [-0.1, -0.05) is 6.07 Å². The van der Waals surface area contributed by atoms with E-state index in [0.717, 1.165) is 5.56 Å². The monoisotopic (exact) mass is 202 g/mol. The van der Waals surface area contributed by atoms with E-state index in [2.05, 4.69) is 4.98 Å². The molecular formula is C8H11ClN2O2. The highest BCUT2D eigenvalue weighted by Gasteiger charge is 2.07. The SMILES string of the molecule is Cc1cc(CN)cnc1C(=O)O.Cl. The molecule has 1 heterocycles. The van der Waals surface area contributed by atoms with Crippen molar-refractivity contribution in [3.63, 3.8) is 0 Å². The van der Waals surface area contributed by atoms with E-state index < -0.39 is 5.97 Å². The molecule has 0 spiro atoms. The Bertz CT molecular complexity index is 315. The summed E-state index contributed by atoms with van der Waals surface area (Å²) >= 11 is 0. The Labute approximate surface area is 82.2 Å². The van der Waals surface area contributed by atoms with Crippen LogP contribution in [0.5, 0.6) is 0 Å². The first-order valence-electron chi connectivity index (χ1n) is 3.54. The van der Waals surface area contributed by atoms with Gasteiger partial charge >= 0.3 is 5.97 Å². The predicted octanol–water partition coefficient (Wildman–Crippen LogP) is 0.969. The average Bonchev–Trinajstić information content (AvgIpc) is 2.03. The van der Waals surface area contributed by atoms with Gasteiger partial charge < -0.3 is 10.8 Å². The highest BCUT2D eigenvalue weighted by Crippen LogP contribution is 2.06. The lowest BCUT2D eigenvalue weighted by Gasteiger charge is -2.01. The summed E-state index contributed by atoms with van der Waals surface area (Å²) in [4.78, 5) is 14.3. The molecule has 0 aliphatic carbocycles. The lowest BCUT2D eigenvalue weighted by Crippen LogP contribution is -2.05. The summed E-state index contributed by atoms with van der Waals surface area (Å²) in [6.45, 7) is 2.09. The highest BCUT2D eigenvalue weighted by atomic mass is 35.5. The zero-order valence-corrected chi connectivity index (χ0v) is 7.97. The third kappa shape index (κ3) is 2.68. The van der Waals surface area contributed by atoms with Crippen molar-refractivity contribution in [3.05, 3.63) is 29.1 Å². The summed E-state index contributed by atoms with van der Waals surface area (Å²) < 4.78 is 0. The third-order valence-electron chi connectivity index (χ3n) is 1.57. The van der Waals surface area contributed by atoms with Crippen LogP contribution >= 0.6 is 12.4 Å². The molecule has 0 saturated heterocycles. The number of pyridine rings is 1. The van der Waals surface area contributed by atoms with Gasteiger partial charge in [0.05, 0.1) is 0 Å². The lowest BCUT2D eigenvalue weighted by atomic mass is 10.1. The van der Waals surface area contributed by atoms with E-state index >= 15 is 0 Å². The zero-order valence-electron chi connectivity index (χ0n) is 7.15. The highest BCUT2D eigenvalue weighted by molar-refractivity contribution is 5.86. The van der Waals surface area contributed by atoms with Gasteiger partial charge in [0.15, 0.2) is 5.69 Å². The third-order valence-corrected chi connectivity index (χ3v) is 1.57. The van der Waals surface area contributed by atoms with Crippen molar-refractivity contribution in [1.29, 1.82) is 0 Å². The van der Waals surface area contributed by atoms with E-state index in [0.29, 0.717) is 12.1 Å². The second-order valence-corrected chi connectivity index (χ2v) is 2.52. The summed E-state index contributed by atoms with van der Waals surface area (Å²) in [6, 6.07) is 1.73. The molecule has 0 aromatic carbocycles. The van der Waals surface area contributed by atoms with Crippen LogP contribution in [0, 0.1) is 6.92 Å². The van der Waals surface area contributed by atoms with Crippen LogP contribution in [0.4, 0.5) is 0 Å². The molecule has 0 unspecified atom stereocenters. The van der Waals surface area contributed by atoms with Gasteiger partial charge in [-0.2, -0.15) is 0 Å². The number of aryl methyl sites for hydroxylation is 1. The summed E-state index contributed by atoms with van der Waals surface area (Å²) in [5, 5.41) is 8.64. The van der Waals surface area contributed by atoms with Crippen molar-refractivity contribution >= 4 is 18.4 Å². The zero-order chi connectivity index (χ0) is 9.14. The minimum atomic E-state index is -1.00. The molecule has 13 heavy (non-hydrogen) atoms. The Morgan fingerprint density at radius 2 is 2.31 bits per heavy atom. The predicted molar refractivity (Wildman–Crippen MR) is 51.1 cm³/mol. The van der Waals surface area contributed by atoms with Gasteiger partial charge in [0.2, 0.25) is 0 Å². The van der Waals surface area contributed by atoms with Gasteiger partial charge in [0.1, 0.15) is 0 Å². The fourth-order valence-electron chi connectivity index (χ4n) is 0.969. The number of carboxylic acids is 1. The van der Waals surface area contributed by atoms with Crippen molar-refractivity contribution in [2.75, 3.05) is 0 Å². The molecule has 72 valence electrons. The Morgan fingerprint density at radius 1 is 1.69 bits per heavy atom. The number of nitrogens with two attached hydrogens (primary N) is 1. The first kappa shape index (κ1) is 11.9.